The molecule has 6 heteroatoms. The van der Waals surface area contributed by atoms with Gasteiger partial charge < -0.3 is 10.1 Å². The highest BCUT2D eigenvalue weighted by Crippen LogP contribution is 2.23. The molecular weight excluding hydrogens is 320 g/mol. The number of halogens is 2. The van der Waals surface area contributed by atoms with Gasteiger partial charge in [0.25, 0.3) is 5.91 Å². The van der Waals surface area contributed by atoms with Crippen LogP contribution in [0.15, 0.2) is 27.8 Å². The molecule has 0 aromatic heterocycles. The van der Waals surface area contributed by atoms with Crippen LogP contribution in [-0.4, -0.2) is 34.8 Å². The highest BCUT2D eigenvalue weighted by Gasteiger charge is 2.22. The van der Waals surface area contributed by atoms with E-state index in [1.54, 1.807) is 23.1 Å². The van der Waals surface area contributed by atoms with Gasteiger partial charge in [-0.1, -0.05) is 16.8 Å². The number of hydrogen-bond acceptors (Lipinski definition) is 3. The number of benzene rings is 1. The molecule has 96 valence electrons. The number of amides is 1. The average Bonchev–Trinajstić information content (AvgIpc) is 2.41. The molecule has 1 N–H and O–H groups in total. The highest BCUT2D eigenvalue weighted by molar-refractivity contribution is 9.10. The van der Waals surface area contributed by atoms with Gasteiger partial charge in [-0.2, -0.15) is 0 Å². The van der Waals surface area contributed by atoms with E-state index in [2.05, 4.69) is 21.1 Å². The van der Waals surface area contributed by atoms with Gasteiger partial charge in [0.15, 0.2) is 0 Å². The molecule has 1 aliphatic heterocycles. The number of carbonyl (C=O) groups is 1. The lowest BCUT2D eigenvalue weighted by Crippen LogP contribution is -2.38. The molecule has 1 heterocycles. The van der Waals surface area contributed by atoms with Crippen molar-refractivity contribution in [3.8, 4) is 0 Å². The van der Waals surface area contributed by atoms with Crippen LogP contribution in [0.3, 0.4) is 0 Å². The SMILES string of the molecule is O=C(c1cc(Cl)ccc1Br)N1CCC(=NO)CC1. The van der Waals surface area contributed by atoms with Crippen LogP contribution in [-0.2, 0) is 0 Å². The number of nitrogens with zero attached hydrogens (tertiary/aromatic N) is 2. The Bertz CT molecular complexity index is 495. The first-order chi connectivity index (χ1) is 8.61. The number of hydrogen-bond donors (Lipinski definition) is 1. The normalized spacial score (nSPS) is 15.7. The van der Waals surface area contributed by atoms with E-state index in [9.17, 15) is 4.79 Å². The van der Waals surface area contributed by atoms with Crippen LogP contribution in [0, 0.1) is 0 Å². The summed E-state index contributed by atoms with van der Waals surface area (Å²) in [6.07, 6.45) is 1.22. The summed E-state index contributed by atoms with van der Waals surface area (Å²) in [7, 11) is 0. The van der Waals surface area contributed by atoms with Gasteiger partial charge in [0.1, 0.15) is 0 Å². The standard InChI is InChI=1S/C12H12BrClN2O2/c13-11-2-1-8(14)7-10(11)12(17)16-5-3-9(15-18)4-6-16/h1-2,7,18H,3-6H2. The molecule has 1 aromatic rings. The molecule has 4 nitrogen and oxygen atoms in total. The van der Waals surface area contributed by atoms with Crippen LogP contribution in [0.1, 0.15) is 23.2 Å². The van der Waals surface area contributed by atoms with Crippen LogP contribution in [0.2, 0.25) is 5.02 Å². The fraction of sp³-hybridized carbons (Fsp3) is 0.333. The van der Waals surface area contributed by atoms with E-state index in [-0.39, 0.29) is 5.91 Å². The molecule has 1 fully saturated rings. The van der Waals surface area contributed by atoms with Gasteiger partial charge in [0.2, 0.25) is 0 Å². The van der Waals surface area contributed by atoms with Gasteiger partial charge >= 0.3 is 0 Å². The molecule has 1 amide bonds. The summed E-state index contributed by atoms with van der Waals surface area (Å²) in [6.45, 7) is 1.13. The van der Waals surface area contributed by atoms with Crippen molar-refractivity contribution in [2.24, 2.45) is 5.16 Å². The molecule has 0 spiro atoms. The molecule has 1 aliphatic rings. The Morgan fingerprint density at radius 1 is 1.39 bits per heavy atom. The van der Waals surface area contributed by atoms with Crippen molar-refractivity contribution in [3.63, 3.8) is 0 Å². The zero-order valence-electron chi connectivity index (χ0n) is 9.57. The monoisotopic (exact) mass is 330 g/mol. The van der Waals surface area contributed by atoms with Crippen LogP contribution in [0.4, 0.5) is 0 Å². The van der Waals surface area contributed by atoms with Gasteiger partial charge in [0.05, 0.1) is 11.3 Å². The van der Waals surface area contributed by atoms with E-state index in [1.807, 2.05) is 0 Å². The number of likely N-dealkylation sites (tertiary alicyclic amines) is 1. The summed E-state index contributed by atoms with van der Waals surface area (Å²) in [5, 5.41) is 12.4. The van der Waals surface area contributed by atoms with Crippen molar-refractivity contribution in [1.82, 2.24) is 4.90 Å². The Morgan fingerprint density at radius 2 is 2.06 bits per heavy atom. The lowest BCUT2D eigenvalue weighted by atomic mass is 10.1. The first-order valence-electron chi connectivity index (χ1n) is 5.56. The minimum Gasteiger partial charge on any atom is -0.411 e. The van der Waals surface area contributed by atoms with E-state index in [0.29, 0.717) is 36.5 Å². The molecule has 0 saturated carbocycles. The first-order valence-corrected chi connectivity index (χ1v) is 6.73. The van der Waals surface area contributed by atoms with Crippen molar-refractivity contribution in [1.29, 1.82) is 0 Å². The van der Waals surface area contributed by atoms with Crippen molar-refractivity contribution in [3.05, 3.63) is 33.3 Å². The van der Waals surface area contributed by atoms with E-state index in [0.717, 1.165) is 10.2 Å². The highest BCUT2D eigenvalue weighted by atomic mass is 79.9. The molecule has 0 atom stereocenters. The van der Waals surface area contributed by atoms with Crippen molar-refractivity contribution in [2.45, 2.75) is 12.8 Å². The fourth-order valence-electron chi connectivity index (χ4n) is 1.90. The third kappa shape index (κ3) is 2.84. The second kappa shape index (κ2) is 5.71. The smallest absolute Gasteiger partial charge is 0.255 e. The molecule has 1 aromatic carbocycles. The quantitative estimate of drug-likeness (QED) is 0.635. The Kier molecular flexibility index (Phi) is 4.24. The van der Waals surface area contributed by atoms with Gasteiger partial charge in [-0.15, -0.1) is 0 Å². The molecular formula is C12H12BrClN2O2. The maximum Gasteiger partial charge on any atom is 0.255 e. The molecule has 0 unspecified atom stereocenters. The second-order valence-corrected chi connectivity index (χ2v) is 5.37. The number of oxime groups is 1. The fourth-order valence-corrected chi connectivity index (χ4v) is 2.49. The molecule has 0 radical (unpaired) electrons. The number of rotatable bonds is 1. The van der Waals surface area contributed by atoms with Gasteiger partial charge in [-0.25, -0.2) is 0 Å². The largest absolute Gasteiger partial charge is 0.411 e. The zero-order chi connectivity index (χ0) is 13.1. The molecule has 0 aliphatic carbocycles. The molecule has 18 heavy (non-hydrogen) atoms. The summed E-state index contributed by atoms with van der Waals surface area (Å²) in [5.74, 6) is -0.0543. The van der Waals surface area contributed by atoms with Crippen molar-refractivity contribution < 1.29 is 10.0 Å². The molecule has 1 saturated heterocycles. The second-order valence-electron chi connectivity index (χ2n) is 4.08. The van der Waals surface area contributed by atoms with E-state index in [4.69, 9.17) is 16.8 Å². The summed E-state index contributed by atoms with van der Waals surface area (Å²) < 4.78 is 0.735. The van der Waals surface area contributed by atoms with Crippen LogP contribution in [0.25, 0.3) is 0 Å². The lowest BCUT2D eigenvalue weighted by molar-refractivity contribution is 0.0753. The Labute approximate surface area is 118 Å². The van der Waals surface area contributed by atoms with Crippen LogP contribution >= 0.6 is 27.5 Å². The van der Waals surface area contributed by atoms with Crippen LogP contribution in [0.5, 0.6) is 0 Å². The summed E-state index contributed by atoms with van der Waals surface area (Å²) in [6, 6.07) is 5.15. The van der Waals surface area contributed by atoms with Crippen molar-refractivity contribution in [2.75, 3.05) is 13.1 Å². The van der Waals surface area contributed by atoms with Gasteiger partial charge in [-0.05, 0) is 34.1 Å². The van der Waals surface area contributed by atoms with Gasteiger partial charge in [-0.3, -0.25) is 4.79 Å². The third-order valence-corrected chi connectivity index (χ3v) is 3.85. The topological polar surface area (TPSA) is 52.9 Å². The Morgan fingerprint density at radius 3 is 2.67 bits per heavy atom. The summed E-state index contributed by atoms with van der Waals surface area (Å²) in [4.78, 5) is 14.0. The number of piperidine rings is 1. The number of carbonyl (C=O) groups excluding carboxylic acids is 1. The maximum atomic E-state index is 12.3. The molecule has 0 bridgehead atoms. The summed E-state index contributed by atoms with van der Waals surface area (Å²) in [5.41, 5.74) is 1.30. The van der Waals surface area contributed by atoms with E-state index < -0.39 is 0 Å². The lowest BCUT2D eigenvalue weighted by Gasteiger charge is -2.27. The van der Waals surface area contributed by atoms with Crippen LogP contribution < -0.4 is 0 Å². The van der Waals surface area contributed by atoms with Crippen molar-refractivity contribution >= 4 is 39.1 Å². The first kappa shape index (κ1) is 13.4. The Hall–Kier alpha value is -1.07. The minimum absolute atomic E-state index is 0.0543. The van der Waals surface area contributed by atoms with E-state index >= 15 is 0 Å². The maximum absolute atomic E-state index is 12.3. The summed E-state index contributed by atoms with van der Waals surface area (Å²) >= 11 is 9.26. The average molecular weight is 332 g/mol. The molecule has 2 rings (SSSR count). The third-order valence-electron chi connectivity index (χ3n) is 2.93. The van der Waals surface area contributed by atoms with E-state index in [1.165, 1.54) is 0 Å². The zero-order valence-corrected chi connectivity index (χ0v) is 11.9. The Balaban J connectivity index is 2.15. The van der Waals surface area contributed by atoms with Gasteiger partial charge in [0, 0.05) is 35.4 Å². The predicted octanol–water partition coefficient (Wildman–Crippen LogP) is 3.17. The minimum atomic E-state index is -0.0543. The predicted molar refractivity (Wildman–Crippen MR) is 73.5 cm³/mol.